The van der Waals surface area contributed by atoms with Crippen molar-refractivity contribution in [2.24, 2.45) is 0 Å². The Morgan fingerprint density at radius 2 is 0.661 bits per heavy atom. The lowest BCUT2D eigenvalue weighted by molar-refractivity contribution is -0.167. The summed E-state index contributed by atoms with van der Waals surface area (Å²) in [5.74, 6) is -0.938. The topological polar surface area (TPSA) is 78.9 Å². The van der Waals surface area contributed by atoms with Gasteiger partial charge in [0.05, 0.1) is 0 Å². The van der Waals surface area contributed by atoms with Gasteiger partial charge >= 0.3 is 17.9 Å². The molecule has 0 N–H and O–H groups in total. The molecular weight excluding hydrogens is 733 g/mol. The summed E-state index contributed by atoms with van der Waals surface area (Å²) in [5, 5.41) is 0. The molecule has 338 valence electrons. The molecule has 0 bridgehead atoms. The number of rotatable bonds is 43. The van der Waals surface area contributed by atoms with E-state index < -0.39 is 6.10 Å². The Balaban J connectivity index is 4.44. The molecule has 6 heteroatoms. The van der Waals surface area contributed by atoms with Crippen molar-refractivity contribution in [3.63, 3.8) is 0 Å². The molecule has 59 heavy (non-hydrogen) atoms. The van der Waals surface area contributed by atoms with Crippen molar-refractivity contribution in [2.75, 3.05) is 13.2 Å². The molecule has 0 amide bonds. The van der Waals surface area contributed by atoms with Gasteiger partial charge in [0, 0.05) is 19.3 Å². The number of allylic oxidation sites excluding steroid dienone is 12. The minimum atomic E-state index is -0.791. The Labute approximate surface area is 363 Å². The van der Waals surface area contributed by atoms with Gasteiger partial charge in [-0.1, -0.05) is 196 Å². The van der Waals surface area contributed by atoms with Gasteiger partial charge in [0.25, 0.3) is 0 Å². The highest BCUT2D eigenvalue weighted by atomic mass is 16.6. The quantitative estimate of drug-likeness (QED) is 0.0264. The number of hydrogen-bond acceptors (Lipinski definition) is 6. The first-order chi connectivity index (χ1) is 29.0. The monoisotopic (exact) mass is 823 g/mol. The summed E-state index contributed by atoms with van der Waals surface area (Å²) in [5.41, 5.74) is 0. The molecule has 0 aliphatic carbocycles. The van der Waals surface area contributed by atoms with Crippen molar-refractivity contribution in [1.29, 1.82) is 0 Å². The van der Waals surface area contributed by atoms with Gasteiger partial charge in [-0.3, -0.25) is 14.4 Å². The third kappa shape index (κ3) is 45.8. The number of unbranched alkanes of at least 4 members (excludes halogenated alkanes) is 20. The Bertz CT molecular complexity index is 1130. The first kappa shape index (κ1) is 55.9. The molecule has 0 radical (unpaired) electrons. The summed E-state index contributed by atoms with van der Waals surface area (Å²) < 4.78 is 16.7. The zero-order chi connectivity index (χ0) is 43.0. The smallest absolute Gasteiger partial charge is 0.306 e. The number of hydrogen-bond donors (Lipinski definition) is 0. The Hall–Kier alpha value is -3.15. The molecule has 0 spiro atoms. The average molecular weight is 823 g/mol. The molecule has 0 aromatic carbocycles. The van der Waals surface area contributed by atoms with E-state index in [1.165, 1.54) is 64.2 Å². The average Bonchev–Trinajstić information content (AvgIpc) is 3.23. The largest absolute Gasteiger partial charge is 0.462 e. The van der Waals surface area contributed by atoms with E-state index >= 15 is 0 Å². The summed E-state index contributed by atoms with van der Waals surface area (Å²) in [7, 11) is 0. The first-order valence-electron chi connectivity index (χ1n) is 24.4. The fourth-order valence-electron chi connectivity index (χ4n) is 6.59. The van der Waals surface area contributed by atoms with E-state index in [2.05, 4.69) is 93.7 Å². The molecule has 0 heterocycles. The van der Waals surface area contributed by atoms with Crippen molar-refractivity contribution in [1.82, 2.24) is 0 Å². The van der Waals surface area contributed by atoms with Crippen LogP contribution in [-0.4, -0.2) is 37.2 Å². The van der Waals surface area contributed by atoms with Gasteiger partial charge in [-0.15, -0.1) is 0 Å². The second-order valence-corrected chi connectivity index (χ2v) is 16.0. The molecule has 0 aliphatic rings. The molecule has 6 nitrogen and oxygen atoms in total. The van der Waals surface area contributed by atoms with Crippen LogP contribution in [0.1, 0.15) is 226 Å². The lowest BCUT2D eigenvalue weighted by Crippen LogP contribution is -2.30. The Kier molecular flexibility index (Phi) is 45.0. The standard InChI is InChI=1S/C53H90O6/c1-4-7-10-13-16-19-22-25-26-27-29-31-34-37-40-43-46-52(55)58-49-50(48-57-51(54)45-42-39-36-33-30-24-21-18-15-12-9-6-3)59-53(56)47-44-41-38-35-32-28-23-20-17-14-11-8-5-2/h7,9-10,12,16,18-19,21,25-26,29,31,50H,4-6,8,11,13-15,17,20,22-24,27-28,30,32-49H2,1-3H3/b10-7-,12-9-,19-16-,21-18-,26-25-,31-29-. The lowest BCUT2D eigenvalue weighted by Gasteiger charge is -2.18. The van der Waals surface area contributed by atoms with E-state index in [1.807, 2.05) is 0 Å². The second kappa shape index (κ2) is 47.5. The molecule has 0 aromatic heterocycles. The maximum Gasteiger partial charge on any atom is 0.306 e. The van der Waals surface area contributed by atoms with E-state index in [-0.39, 0.29) is 31.1 Å². The van der Waals surface area contributed by atoms with E-state index in [9.17, 15) is 14.4 Å². The van der Waals surface area contributed by atoms with Gasteiger partial charge < -0.3 is 14.2 Å². The molecule has 1 unspecified atom stereocenters. The molecule has 0 rings (SSSR count). The van der Waals surface area contributed by atoms with Crippen LogP contribution in [0.4, 0.5) is 0 Å². The van der Waals surface area contributed by atoms with Crippen molar-refractivity contribution in [3.05, 3.63) is 72.9 Å². The highest BCUT2D eigenvalue weighted by molar-refractivity contribution is 5.71. The minimum absolute atomic E-state index is 0.0922. The normalized spacial score (nSPS) is 12.7. The van der Waals surface area contributed by atoms with Gasteiger partial charge in [0.15, 0.2) is 6.10 Å². The van der Waals surface area contributed by atoms with Crippen LogP contribution in [0.2, 0.25) is 0 Å². The van der Waals surface area contributed by atoms with E-state index in [4.69, 9.17) is 14.2 Å². The highest BCUT2D eigenvalue weighted by Crippen LogP contribution is 2.14. The second-order valence-electron chi connectivity index (χ2n) is 16.0. The van der Waals surface area contributed by atoms with Crippen LogP contribution in [0.15, 0.2) is 72.9 Å². The molecular formula is C53H90O6. The zero-order valence-electron chi connectivity index (χ0n) is 38.5. The SMILES string of the molecule is CC/C=C\C/C=C\C/C=C\C/C=C\CCCCCC(=O)OCC(COC(=O)CCCCCCC/C=C\C/C=C\CC)OC(=O)CCCCCCCCCCCCCCC. The fourth-order valence-corrected chi connectivity index (χ4v) is 6.59. The van der Waals surface area contributed by atoms with E-state index in [0.29, 0.717) is 19.3 Å². The Morgan fingerprint density at radius 1 is 0.356 bits per heavy atom. The number of ether oxygens (including phenoxy) is 3. The molecule has 0 fully saturated rings. The molecule has 0 saturated heterocycles. The van der Waals surface area contributed by atoms with E-state index in [0.717, 1.165) is 122 Å². The van der Waals surface area contributed by atoms with Crippen molar-refractivity contribution < 1.29 is 28.6 Å². The maximum absolute atomic E-state index is 12.8. The molecule has 0 saturated carbocycles. The van der Waals surface area contributed by atoms with Gasteiger partial charge in [-0.25, -0.2) is 0 Å². The predicted octanol–water partition coefficient (Wildman–Crippen LogP) is 15.9. The van der Waals surface area contributed by atoms with Crippen LogP contribution in [-0.2, 0) is 28.6 Å². The van der Waals surface area contributed by atoms with Gasteiger partial charge in [0.2, 0.25) is 0 Å². The summed E-state index contributed by atoms with van der Waals surface area (Å²) in [6.07, 6.45) is 58.8. The first-order valence-corrected chi connectivity index (χ1v) is 24.4. The number of carbonyl (C=O) groups is 3. The van der Waals surface area contributed by atoms with Crippen LogP contribution >= 0.6 is 0 Å². The van der Waals surface area contributed by atoms with E-state index in [1.54, 1.807) is 0 Å². The molecule has 1 atom stereocenters. The summed E-state index contributed by atoms with van der Waals surface area (Å²) in [4.78, 5) is 37.9. The van der Waals surface area contributed by atoms with Crippen molar-refractivity contribution >= 4 is 17.9 Å². The third-order valence-corrected chi connectivity index (χ3v) is 10.2. The highest BCUT2D eigenvalue weighted by Gasteiger charge is 2.19. The van der Waals surface area contributed by atoms with Crippen LogP contribution in [0, 0.1) is 0 Å². The Morgan fingerprint density at radius 3 is 1.05 bits per heavy atom. The zero-order valence-corrected chi connectivity index (χ0v) is 38.5. The maximum atomic E-state index is 12.8. The van der Waals surface area contributed by atoms with Crippen molar-refractivity contribution in [2.45, 2.75) is 232 Å². The molecule has 0 aliphatic heterocycles. The fraction of sp³-hybridized carbons (Fsp3) is 0.717. The van der Waals surface area contributed by atoms with Crippen molar-refractivity contribution in [3.8, 4) is 0 Å². The van der Waals surface area contributed by atoms with Crippen LogP contribution < -0.4 is 0 Å². The minimum Gasteiger partial charge on any atom is -0.462 e. The predicted molar refractivity (Wildman–Crippen MR) is 251 cm³/mol. The van der Waals surface area contributed by atoms with Gasteiger partial charge in [0.1, 0.15) is 13.2 Å². The number of carbonyl (C=O) groups excluding carboxylic acids is 3. The third-order valence-electron chi connectivity index (χ3n) is 10.2. The van der Waals surface area contributed by atoms with Crippen LogP contribution in [0.25, 0.3) is 0 Å². The van der Waals surface area contributed by atoms with Gasteiger partial charge in [-0.05, 0) is 83.5 Å². The summed E-state index contributed by atoms with van der Waals surface area (Å²) in [6.45, 7) is 6.37. The summed E-state index contributed by atoms with van der Waals surface area (Å²) in [6, 6.07) is 0. The molecule has 0 aromatic rings. The lowest BCUT2D eigenvalue weighted by atomic mass is 10.0. The van der Waals surface area contributed by atoms with Crippen LogP contribution in [0.3, 0.4) is 0 Å². The summed E-state index contributed by atoms with van der Waals surface area (Å²) >= 11 is 0. The van der Waals surface area contributed by atoms with Crippen LogP contribution in [0.5, 0.6) is 0 Å². The van der Waals surface area contributed by atoms with Gasteiger partial charge in [-0.2, -0.15) is 0 Å². The number of esters is 3.